The van der Waals surface area contributed by atoms with Crippen molar-refractivity contribution in [2.75, 3.05) is 0 Å². The molecule has 3 nitrogen and oxygen atoms in total. The minimum absolute atomic E-state index is 0.814. The molecule has 90 valence electrons. The van der Waals surface area contributed by atoms with Crippen LogP contribution in [0.2, 0.25) is 0 Å². The second-order valence-corrected chi connectivity index (χ2v) is 4.13. The van der Waals surface area contributed by atoms with Gasteiger partial charge in [0.25, 0.3) is 0 Å². The van der Waals surface area contributed by atoms with E-state index in [2.05, 4.69) is 11.9 Å². The van der Waals surface area contributed by atoms with Crippen molar-refractivity contribution < 1.29 is 4.74 Å². The van der Waals surface area contributed by atoms with Crippen LogP contribution in [0.15, 0.2) is 54.9 Å². The first-order chi connectivity index (χ1) is 8.85. The minimum Gasteiger partial charge on any atom is -0.456 e. The maximum atomic E-state index is 5.78. The highest BCUT2D eigenvalue weighted by molar-refractivity contribution is 5.44. The number of rotatable bonds is 3. The summed E-state index contributed by atoms with van der Waals surface area (Å²) in [5.41, 5.74) is 2.04. The summed E-state index contributed by atoms with van der Waals surface area (Å²) < 4.78 is 7.78. The Morgan fingerprint density at radius 3 is 2.61 bits per heavy atom. The number of hydrogen-bond donors (Lipinski definition) is 0. The highest BCUT2D eigenvalue weighted by atomic mass is 16.5. The van der Waals surface area contributed by atoms with E-state index in [0.29, 0.717) is 0 Å². The molecule has 0 bridgehead atoms. The average Bonchev–Trinajstić information content (AvgIpc) is 2.82. The maximum Gasteiger partial charge on any atom is 0.144 e. The molecule has 0 aliphatic heterocycles. The standard InChI is InChI=1S/C15H14N2O/c1-2-12-10-17-11-14(8-9-15(17)16-12)18-13-6-4-3-5-7-13/h3-11H,2H2,1H3. The number of ether oxygens (including phenoxy) is 1. The zero-order valence-corrected chi connectivity index (χ0v) is 10.2. The molecule has 0 saturated carbocycles. The fourth-order valence-electron chi connectivity index (χ4n) is 1.88. The Morgan fingerprint density at radius 2 is 1.83 bits per heavy atom. The molecule has 0 N–H and O–H groups in total. The molecule has 0 aliphatic carbocycles. The average molecular weight is 238 g/mol. The van der Waals surface area contributed by atoms with Crippen LogP contribution < -0.4 is 4.74 Å². The van der Waals surface area contributed by atoms with Crippen molar-refractivity contribution in [2.24, 2.45) is 0 Å². The summed E-state index contributed by atoms with van der Waals surface area (Å²) in [4.78, 5) is 4.49. The molecule has 2 aromatic heterocycles. The molecular weight excluding hydrogens is 224 g/mol. The summed E-state index contributed by atoms with van der Waals surface area (Å²) in [7, 11) is 0. The van der Waals surface area contributed by atoms with Gasteiger partial charge in [0.2, 0.25) is 0 Å². The molecule has 3 heteroatoms. The lowest BCUT2D eigenvalue weighted by molar-refractivity contribution is 0.479. The molecule has 18 heavy (non-hydrogen) atoms. The number of benzene rings is 1. The summed E-state index contributed by atoms with van der Waals surface area (Å²) in [5, 5.41) is 0. The Hall–Kier alpha value is -2.29. The molecule has 2 heterocycles. The predicted octanol–water partition coefficient (Wildman–Crippen LogP) is 3.69. The predicted molar refractivity (Wildman–Crippen MR) is 71.1 cm³/mol. The van der Waals surface area contributed by atoms with Crippen molar-refractivity contribution in [2.45, 2.75) is 13.3 Å². The van der Waals surface area contributed by atoms with E-state index >= 15 is 0 Å². The van der Waals surface area contributed by atoms with Crippen molar-refractivity contribution in [1.29, 1.82) is 0 Å². The van der Waals surface area contributed by atoms with Crippen LogP contribution >= 0.6 is 0 Å². The number of pyridine rings is 1. The van der Waals surface area contributed by atoms with Gasteiger partial charge in [-0.15, -0.1) is 0 Å². The molecule has 0 fully saturated rings. The lowest BCUT2D eigenvalue weighted by Crippen LogP contribution is -1.87. The van der Waals surface area contributed by atoms with Crippen molar-refractivity contribution in [3.05, 3.63) is 60.6 Å². The molecule has 0 aliphatic rings. The number of aromatic nitrogens is 2. The van der Waals surface area contributed by atoms with Crippen LogP contribution in [-0.2, 0) is 6.42 Å². The highest BCUT2D eigenvalue weighted by Crippen LogP contribution is 2.21. The first-order valence-corrected chi connectivity index (χ1v) is 6.05. The smallest absolute Gasteiger partial charge is 0.144 e. The zero-order chi connectivity index (χ0) is 12.4. The number of fused-ring (bicyclic) bond motifs is 1. The number of aryl methyl sites for hydroxylation is 1. The van der Waals surface area contributed by atoms with Crippen LogP contribution in [-0.4, -0.2) is 9.38 Å². The van der Waals surface area contributed by atoms with Gasteiger partial charge >= 0.3 is 0 Å². The van der Waals surface area contributed by atoms with Gasteiger partial charge in [-0.1, -0.05) is 25.1 Å². The van der Waals surface area contributed by atoms with Gasteiger partial charge in [-0.2, -0.15) is 0 Å². The van der Waals surface area contributed by atoms with E-state index in [1.807, 2.05) is 59.3 Å². The van der Waals surface area contributed by atoms with Gasteiger partial charge < -0.3 is 9.14 Å². The van der Waals surface area contributed by atoms with Crippen LogP contribution in [0.5, 0.6) is 11.5 Å². The second kappa shape index (κ2) is 4.53. The summed E-state index contributed by atoms with van der Waals surface area (Å²) in [6.45, 7) is 2.10. The molecule has 3 rings (SSSR count). The molecule has 0 radical (unpaired) electrons. The van der Waals surface area contributed by atoms with Gasteiger partial charge in [-0.3, -0.25) is 0 Å². The first kappa shape index (κ1) is 10.8. The summed E-state index contributed by atoms with van der Waals surface area (Å²) in [6.07, 6.45) is 4.93. The van der Waals surface area contributed by atoms with Gasteiger partial charge in [0, 0.05) is 6.20 Å². The van der Waals surface area contributed by atoms with Crippen molar-refractivity contribution in [3.63, 3.8) is 0 Å². The van der Waals surface area contributed by atoms with Crippen LogP contribution in [0.4, 0.5) is 0 Å². The van der Waals surface area contributed by atoms with E-state index in [4.69, 9.17) is 4.74 Å². The largest absolute Gasteiger partial charge is 0.456 e. The molecular formula is C15H14N2O. The maximum absolute atomic E-state index is 5.78. The van der Waals surface area contributed by atoms with Crippen LogP contribution in [0.1, 0.15) is 12.6 Å². The van der Waals surface area contributed by atoms with E-state index < -0.39 is 0 Å². The molecule has 0 unspecified atom stereocenters. The van der Waals surface area contributed by atoms with E-state index in [1.165, 1.54) is 0 Å². The lowest BCUT2D eigenvalue weighted by atomic mass is 10.3. The number of imidazole rings is 1. The number of nitrogens with zero attached hydrogens (tertiary/aromatic N) is 2. The molecule has 0 saturated heterocycles. The first-order valence-electron chi connectivity index (χ1n) is 6.05. The van der Waals surface area contributed by atoms with E-state index in [0.717, 1.165) is 29.3 Å². The normalized spacial score (nSPS) is 10.7. The van der Waals surface area contributed by atoms with Crippen LogP contribution in [0.3, 0.4) is 0 Å². The third-order valence-electron chi connectivity index (χ3n) is 2.81. The zero-order valence-electron chi connectivity index (χ0n) is 10.2. The monoisotopic (exact) mass is 238 g/mol. The van der Waals surface area contributed by atoms with Gasteiger partial charge in [0.1, 0.15) is 17.1 Å². The molecule has 3 aromatic rings. The van der Waals surface area contributed by atoms with Gasteiger partial charge in [-0.25, -0.2) is 4.98 Å². The fraction of sp³-hybridized carbons (Fsp3) is 0.133. The topological polar surface area (TPSA) is 26.5 Å². The summed E-state index contributed by atoms with van der Waals surface area (Å²) in [6, 6.07) is 13.7. The summed E-state index contributed by atoms with van der Waals surface area (Å²) in [5.74, 6) is 1.65. The Balaban J connectivity index is 1.93. The van der Waals surface area contributed by atoms with Crippen molar-refractivity contribution >= 4 is 5.65 Å². The van der Waals surface area contributed by atoms with Crippen molar-refractivity contribution in [1.82, 2.24) is 9.38 Å². The van der Waals surface area contributed by atoms with Gasteiger partial charge in [0.15, 0.2) is 0 Å². The fourth-order valence-corrected chi connectivity index (χ4v) is 1.88. The van der Waals surface area contributed by atoms with Gasteiger partial charge in [-0.05, 0) is 30.7 Å². The Labute approximate surface area is 106 Å². The quantitative estimate of drug-likeness (QED) is 0.695. The Bertz CT molecular complexity index is 659. The summed E-state index contributed by atoms with van der Waals surface area (Å²) >= 11 is 0. The highest BCUT2D eigenvalue weighted by Gasteiger charge is 2.02. The van der Waals surface area contributed by atoms with Gasteiger partial charge in [0.05, 0.1) is 11.9 Å². The Kier molecular flexibility index (Phi) is 2.73. The molecule has 0 spiro atoms. The number of para-hydroxylation sites is 1. The van der Waals surface area contributed by atoms with E-state index in [1.54, 1.807) is 0 Å². The lowest BCUT2D eigenvalue weighted by Gasteiger charge is -2.05. The van der Waals surface area contributed by atoms with E-state index in [9.17, 15) is 0 Å². The number of hydrogen-bond acceptors (Lipinski definition) is 2. The van der Waals surface area contributed by atoms with Crippen LogP contribution in [0.25, 0.3) is 5.65 Å². The molecule has 0 amide bonds. The van der Waals surface area contributed by atoms with Crippen molar-refractivity contribution in [3.8, 4) is 11.5 Å². The van der Waals surface area contributed by atoms with E-state index in [-0.39, 0.29) is 0 Å². The third-order valence-corrected chi connectivity index (χ3v) is 2.81. The SMILES string of the molecule is CCc1cn2cc(Oc3ccccc3)ccc2n1. The molecule has 1 aromatic carbocycles. The third kappa shape index (κ3) is 2.07. The molecule has 0 atom stereocenters. The Morgan fingerprint density at radius 1 is 1.00 bits per heavy atom. The second-order valence-electron chi connectivity index (χ2n) is 4.13. The van der Waals surface area contributed by atoms with Crippen LogP contribution in [0, 0.1) is 0 Å². The minimum atomic E-state index is 0.814.